The van der Waals surface area contributed by atoms with E-state index in [4.69, 9.17) is 9.05 Å². The van der Waals surface area contributed by atoms with E-state index in [-0.39, 0.29) is 19.1 Å². The normalized spacial score (nSPS) is 14.4. The number of unbranched alkanes of at least 4 members (excludes halogenated alkanes) is 34. The molecule has 3 N–H and O–H groups in total. The minimum atomic E-state index is -4.38. The van der Waals surface area contributed by atoms with Crippen LogP contribution in [0.5, 0.6) is 0 Å². The van der Waals surface area contributed by atoms with Crippen LogP contribution in [0.15, 0.2) is 146 Å². The first-order chi connectivity index (χ1) is 45.0. The highest BCUT2D eigenvalue weighted by molar-refractivity contribution is 7.47. The summed E-state index contributed by atoms with van der Waals surface area (Å²) in [5, 5.41) is 14.0. The zero-order valence-corrected chi connectivity index (χ0v) is 61.4. The van der Waals surface area contributed by atoms with Crippen molar-refractivity contribution < 1.29 is 32.9 Å². The highest BCUT2D eigenvalue weighted by atomic mass is 31.2. The Bertz CT molecular complexity index is 2020. The lowest BCUT2D eigenvalue weighted by molar-refractivity contribution is -0.870. The van der Waals surface area contributed by atoms with Gasteiger partial charge < -0.3 is 19.8 Å². The number of amides is 1. The minimum Gasteiger partial charge on any atom is -0.387 e. The highest BCUT2D eigenvalue weighted by Gasteiger charge is 2.28. The second-order valence-electron chi connectivity index (χ2n) is 26.6. The molecule has 0 spiro atoms. The summed E-state index contributed by atoms with van der Waals surface area (Å²) in [5.41, 5.74) is 0. The Labute approximate surface area is 569 Å². The Morgan fingerprint density at radius 1 is 0.380 bits per heavy atom. The molecule has 0 bridgehead atoms. The van der Waals surface area contributed by atoms with Gasteiger partial charge in [0.2, 0.25) is 5.91 Å². The molecular formula is C83H146N2O6P+. The molecule has 528 valence electrons. The van der Waals surface area contributed by atoms with E-state index < -0.39 is 20.0 Å². The molecule has 0 aromatic rings. The molecule has 0 aliphatic rings. The number of carbonyl (C=O) groups is 1. The van der Waals surface area contributed by atoms with Crippen molar-refractivity contribution in [1.82, 2.24) is 5.32 Å². The Morgan fingerprint density at radius 2 is 0.663 bits per heavy atom. The maximum atomic E-state index is 13.1. The summed E-state index contributed by atoms with van der Waals surface area (Å²) in [6, 6.07) is -0.878. The number of aliphatic hydroxyl groups is 1. The molecular weight excluding hydrogens is 1150 g/mol. The van der Waals surface area contributed by atoms with Crippen LogP contribution >= 0.6 is 7.82 Å². The molecule has 0 fully saturated rings. The van der Waals surface area contributed by atoms with Crippen molar-refractivity contribution in [3.05, 3.63) is 146 Å². The van der Waals surface area contributed by atoms with Crippen molar-refractivity contribution in [3.8, 4) is 0 Å². The highest BCUT2D eigenvalue weighted by Crippen LogP contribution is 2.43. The van der Waals surface area contributed by atoms with Gasteiger partial charge in [0.05, 0.1) is 39.9 Å². The molecule has 0 aliphatic carbocycles. The Hall–Kier alpha value is -3.62. The molecule has 0 aromatic carbocycles. The van der Waals surface area contributed by atoms with E-state index >= 15 is 0 Å². The van der Waals surface area contributed by atoms with Gasteiger partial charge in [0, 0.05) is 6.42 Å². The SMILES string of the molecule is CC/C=C\C/C=C\C/C=C\C/C=C\C/C=C\C/C=C\C/C=C\C/C=C\C/C=C\C/C=C\CCCCCCCCCCCCC(=O)NC(COP(=O)(O)OCC[N+](C)(C)C)C(O)/C=C/CC/C=C/CCCCCCCCCCCCCCCCCCCCCCCCC. The van der Waals surface area contributed by atoms with Gasteiger partial charge in [-0.1, -0.05) is 352 Å². The van der Waals surface area contributed by atoms with E-state index in [9.17, 15) is 19.4 Å². The van der Waals surface area contributed by atoms with Crippen LogP contribution in [0.1, 0.15) is 322 Å². The van der Waals surface area contributed by atoms with Crippen LogP contribution in [0.3, 0.4) is 0 Å². The van der Waals surface area contributed by atoms with Crippen molar-refractivity contribution in [2.75, 3.05) is 40.9 Å². The lowest BCUT2D eigenvalue weighted by Gasteiger charge is -2.25. The number of quaternary nitrogens is 1. The van der Waals surface area contributed by atoms with Crippen LogP contribution in [0, 0.1) is 0 Å². The summed E-state index contributed by atoms with van der Waals surface area (Å²) in [7, 11) is 1.54. The summed E-state index contributed by atoms with van der Waals surface area (Å²) in [6.45, 7) is 4.70. The zero-order chi connectivity index (χ0) is 66.9. The van der Waals surface area contributed by atoms with Crippen molar-refractivity contribution in [2.24, 2.45) is 0 Å². The minimum absolute atomic E-state index is 0.0493. The molecule has 3 atom stereocenters. The summed E-state index contributed by atoms with van der Waals surface area (Å²) in [4.78, 5) is 23.5. The summed E-state index contributed by atoms with van der Waals surface area (Å²) in [5.74, 6) is -0.194. The summed E-state index contributed by atoms with van der Waals surface area (Å²) < 4.78 is 23.8. The fraction of sp³-hybridized carbons (Fsp3) is 0.699. The zero-order valence-electron chi connectivity index (χ0n) is 60.5. The van der Waals surface area contributed by atoms with Crippen LogP contribution in [0.4, 0.5) is 0 Å². The number of hydrogen-bond donors (Lipinski definition) is 3. The number of rotatable bonds is 69. The number of hydrogen-bond acceptors (Lipinski definition) is 5. The smallest absolute Gasteiger partial charge is 0.387 e. The van der Waals surface area contributed by atoms with Gasteiger partial charge in [0.25, 0.3) is 0 Å². The third kappa shape index (κ3) is 73.8. The van der Waals surface area contributed by atoms with E-state index in [2.05, 4.69) is 153 Å². The quantitative estimate of drug-likeness (QED) is 0.0243. The van der Waals surface area contributed by atoms with Gasteiger partial charge in [-0.2, -0.15) is 0 Å². The van der Waals surface area contributed by atoms with Crippen molar-refractivity contribution in [2.45, 2.75) is 334 Å². The van der Waals surface area contributed by atoms with Crippen LogP contribution in [-0.2, 0) is 18.4 Å². The Morgan fingerprint density at radius 3 is 1.00 bits per heavy atom. The lowest BCUT2D eigenvalue weighted by Crippen LogP contribution is -2.45. The van der Waals surface area contributed by atoms with Crippen molar-refractivity contribution >= 4 is 13.7 Å². The maximum absolute atomic E-state index is 13.1. The lowest BCUT2D eigenvalue weighted by atomic mass is 10.0. The van der Waals surface area contributed by atoms with Gasteiger partial charge >= 0.3 is 7.82 Å². The van der Waals surface area contributed by atoms with Crippen LogP contribution in [0.2, 0.25) is 0 Å². The average molecular weight is 1300 g/mol. The molecule has 0 aliphatic heterocycles. The van der Waals surface area contributed by atoms with Crippen LogP contribution in [0.25, 0.3) is 0 Å². The number of aliphatic hydroxyl groups excluding tert-OH is 1. The molecule has 1 amide bonds. The Balaban J connectivity index is 4.12. The van der Waals surface area contributed by atoms with Crippen LogP contribution in [-0.4, -0.2) is 73.4 Å². The van der Waals surface area contributed by atoms with Gasteiger partial charge in [0.15, 0.2) is 0 Å². The van der Waals surface area contributed by atoms with E-state index in [1.807, 2.05) is 27.2 Å². The monoisotopic (exact) mass is 1300 g/mol. The molecule has 0 heterocycles. The predicted molar refractivity (Wildman–Crippen MR) is 405 cm³/mol. The topological polar surface area (TPSA) is 105 Å². The fourth-order valence-electron chi connectivity index (χ4n) is 10.7. The number of carbonyl (C=O) groups excluding carboxylic acids is 1. The number of allylic oxidation sites excluding steroid dienone is 23. The van der Waals surface area contributed by atoms with Gasteiger partial charge in [-0.05, 0) is 109 Å². The first-order valence-electron chi connectivity index (χ1n) is 38.2. The molecule has 9 heteroatoms. The number of likely N-dealkylation sites (N-methyl/N-ethyl adjacent to an activating group) is 1. The molecule has 3 unspecified atom stereocenters. The van der Waals surface area contributed by atoms with E-state index in [0.29, 0.717) is 17.4 Å². The molecule has 0 saturated heterocycles. The molecule has 92 heavy (non-hydrogen) atoms. The van der Waals surface area contributed by atoms with Gasteiger partial charge in [-0.3, -0.25) is 13.8 Å². The van der Waals surface area contributed by atoms with Crippen LogP contribution < -0.4 is 5.32 Å². The van der Waals surface area contributed by atoms with Gasteiger partial charge in [-0.15, -0.1) is 0 Å². The van der Waals surface area contributed by atoms with Gasteiger partial charge in [0.1, 0.15) is 13.2 Å². The number of nitrogens with one attached hydrogen (secondary N) is 1. The third-order valence-corrected chi connectivity index (χ3v) is 17.5. The maximum Gasteiger partial charge on any atom is 0.472 e. The summed E-state index contributed by atoms with van der Waals surface area (Å²) >= 11 is 0. The number of phosphoric acid groups is 1. The van der Waals surface area contributed by atoms with Crippen molar-refractivity contribution in [3.63, 3.8) is 0 Å². The molecule has 0 radical (unpaired) electrons. The molecule has 8 nitrogen and oxygen atoms in total. The average Bonchev–Trinajstić information content (AvgIpc) is 2.63. The third-order valence-electron chi connectivity index (χ3n) is 16.5. The summed E-state index contributed by atoms with van der Waals surface area (Å²) in [6.07, 6.45) is 110. The molecule has 0 rings (SSSR count). The fourth-order valence-corrected chi connectivity index (χ4v) is 11.4. The first kappa shape index (κ1) is 88.4. The van der Waals surface area contributed by atoms with Gasteiger partial charge in [-0.25, -0.2) is 4.57 Å². The van der Waals surface area contributed by atoms with E-state index in [1.165, 1.54) is 193 Å². The number of nitrogens with zero attached hydrogens (tertiary/aromatic N) is 1. The largest absolute Gasteiger partial charge is 0.472 e. The van der Waals surface area contributed by atoms with Crippen molar-refractivity contribution in [1.29, 1.82) is 0 Å². The van der Waals surface area contributed by atoms with E-state index in [1.54, 1.807) is 6.08 Å². The second kappa shape index (κ2) is 71.7. The first-order valence-corrected chi connectivity index (χ1v) is 39.7. The second-order valence-corrected chi connectivity index (χ2v) is 28.1. The van der Waals surface area contributed by atoms with E-state index in [0.717, 1.165) is 109 Å². The Kier molecular flexibility index (Phi) is 68.8. The standard InChI is InChI=1S/C83H145N2O6P/c1-6-8-10-12-14-16-18-20-22-24-26-28-30-32-34-36-37-38-39-40-41-42-43-44-45-46-47-49-51-53-55-57-59-61-63-65-67-69-71-73-75-77-83(87)84-81(80-91-92(88,89)90-79-78-85(3,4)5)82(86)76-74-72-70-68-66-64-62-60-58-56-54-52-50-48-35-33-31-29-27-25-23-21-19-17-15-13-11-9-7-2/h8,10,14,16,20,22,26,28,32,34,37-38,40-41,43-44,46-47,51,53,66,68,74,76,81-82,86H,6-7,9,11-13,15,17-19,21,23-25,27,29-31,33,35-36,39,42,45,48-50,52,54-65,67,69-73,75,77-80H2,1-5H3,(H-,84,87,88,89)/p+1/b10-8-,16-14-,22-20-,28-26-,34-32-,38-37-,41-40-,44-43-,47-46-,53-51-,68-66+,76-74+. The predicted octanol–water partition coefficient (Wildman–Crippen LogP) is 25.1. The number of phosphoric ester groups is 1. The molecule has 0 saturated carbocycles. The molecule has 0 aromatic heterocycles.